The van der Waals surface area contributed by atoms with Crippen LogP contribution in [0, 0.1) is 12.3 Å². The van der Waals surface area contributed by atoms with E-state index < -0.39 is 39.9 Å². The van der Waals surface area contributed by atoms with Crippen molar-refractivity contribution in [2.24, 2.45) is 11.7 Å². The highest BCUT2D eigenvalue weighted by molar-refractivity contribution is 7.93. The number of allylic oxidation sites excluding steroid dienone is 1. The molecule has 2 aliphatic heterocycles. The van der Waals surface area contributed by atoms with Crippen molar-refractivity contribution >= 4 is 21.8 Å². The van der Waals surface area contributed by atoms with Gasteiger partial charge in [-0.3, -0.25) is 9.59 Å². The SMILES string of the molecule is CC1=C(S(=O)(=O)N(C(=O)[CH]CC(C)C(N)=O)C2CCCNC[C@@H]2O)N(C)CO1. The van der Waals surface area contributed by atoms with Gasteiger partial charge in [0.15, 0.2) is 11.8 Å². The maximum Gasteiger partial charge on any atom is 0.285 e. The van der Waals surface area contributed by atoms with Crippen LogP contribution in [0.4, 0.5) is 0 Å². The van der Waals surface area contributed by atoms with Gasteiger partial charge in [-0.05, 0) is 32.7 Å². The molecule has 0 spiro atoms. The van der Waals surface area contributed by atoms with E-state index in [-0.39, 0.29) is 30.5 Å². The fourth-order valence-electron chi connectivity index (χ4n) is 3.29. The minimum Gasteiger partial charge on any atom is -0.475 e. The van der Waals surface area contributed by atoms with Gasteiger partial charge in [-0.25, -0.2) is 4.31 Å². The molecule has 1 saturated heterocycles. The largest absolute Gasteiger partial charge is 0.475 e. The van der Waals surface area contributed by atoms with Gasteiger partial charge in [0.25, 0.3) is 10.0 Å². The van der Waals surface area contributed by atoms with Crippen LogP contribution in [0.2, 0.25) is 0 Å². The van der Waals surface area contributed by atoms with Crippen LogP contribution in [-0.4, -0.2) is 73.6 Å². The lowest BCUT2D eigenvalue weighted by molar-refractivity contribution is -0.126. The number of rotatable bonds is 7. The summed E-state index contributed by atoms with van der Waals surface area (Å²) < 4.78 is 32.9. The third-order valence-corrected chi connectivity index (χ3v) is 6.98. The van der Waals surface area contributed by atoms with Crippen LogP contribution in [0.3, 0.4) is 0 Å². The van der Waals surface area contributed by atoms with E-state index in [0.29, 0.717) is 19.4 Å². The summed E-state index contributed by atoms with van der Waals surface area (Å²) in [5.74, 6) is -1.81. The molecule has 10 nitrogen and oxygen atoms in total. The second-order valence-corrected chi connectivity index (χ2v) is 8.93. The normalized spacial score (nSPS) is 24.5. The second kappa shape index (κ2) is 9.10. The Balaban J connectivity index is 2.39. The summed E-state index contributed by atoms with van der Waals surface area (Å²) in [4.78, 5) is 25.6. The van der Waals surface area contributed by atoms with E-state index in [1.165, 1.54) is 11.8 Å². The number of sulfonamides is 1. The molecule has 0 aromatic carbocycles. The van der Waals surface area contributed by atoms with Crippen molar-refractivity contribution in [3.05, 3.63) is 17.2 Å². The predicted molar refractivity (Wildman–Crippen MR) is 101 cm³/mol. The average molecular weight is 418 g/mol. The van der Waals surface area contributed by atoms with Crippen molar-refractivity contribution in [1.29, 1.82) is 0 Å². The minimum absolute atomic E-state index is 0.00558. The number of nitrogens with one attached hydrogen (secondary N) is 1. The monoisotopic (exact) mass is 417 g/mol. The van der Waals surface area contributed by atoms with Crippen LogP contribution >= 0.6 is 0 Å². The number of nitrogens with two attached hydrogens (primary N) is 1. The Morgan fingerprint density at radius 1 is 1.50 bits per heavy atom. The van der Waals surface area contributed by atoms with Crippen molar-refractivity contribution < 1.29 is 27.9 Å². The van der Waals surface area contributed by atoms with Gasteiger partial charge >= 0.3 is 0 Å². The molecule has 159 valence electrons. The molecule has 1 radical (unpaired) electrons. The fraction of sp³-hybridized carbons (Fsp3) is 0.706. The molecule has 11 heteroatoms. The first kappa shape index (κ1) is 22.4. The van der Waals surface area contributed by atoms with Crippen LogP contribution in [-0.2, 0) is 24.3 Å². The smallest absolute Gasteiger partial charge is 0.285 e. The Labute approximate surface area is 165 Å². The topological polar surface area (TPSA) is 142 Å². The Morgan fingerprint density at radius 3 is 2.75 bits per heavy atom. The van der Waals surface area contributed by atoms with E-state index in [2.05, 4.69) is 5.32 Å². The number of amides is 2. The number of aliphatic hydroxyl groups is 1. The van der Waals surface area contributed by atoms with Gasteiger partial charge in [-0.15, -0.1) is 0 Å². The third-order valence-electron chi connectivity index (χ3n) is 4.93. The zero-order valence-electron chi connectivity index (χ0n) is 16.4. The van der Waals surface area contributed by atoms with E-state index in [1.807, 2.05) is 0 Å². The number of primary amides is 1. The number of aliphatic hydroxyl groups excluding tert-OH is 1. The molecule has 2 rings (SSSR count). The van der Waals surface area contributed by atoms with Crippen LogP contribution < -0.4 is 11.1 Å². The number of hydrogen-bond donors (Lipinski definition) is 3. The lowest BCUT2D eigenvalue weighted by Crippen LogP contribution is -2.53. The summed E-state index contributed by atoms with van der Waals surface area (Å²) in [6.45, 7) is 3.91. The third kappa shape index (κ3) is 4.76. The highest BCUT2D eigenvalue weighted by atomic mass is 32.2. The number of hydrogen-bond acceptors (Lipinski definition) is 8. The Hall–Kier alpha value is -1.85. The molecule has 0 aromatic rings. The molecule has 2 heterocycles. The molecule has 2 unspecified atom stereocenters. The predicted octanol–water partition coefficient (Wildman–Crippen LogP) is -0.918. The van der Waals surface area contributed by atoms with Gasteiger partial charge in [0, 0.05) is 19.5 Å². The van der Waals surface area contributed by atoms with Gasteiger partial charge < -0.3 is 25.8 Å². The molecule has 1 fully saturated rings. The molecule has 0 aromatic heterocycles. The van der Waals surface area contributed by atoms with Gasteiger partial charge in [0.05, 0.1) is 18.6 Å². The van der Waals surface area contributed by atoms with Crippen LogP contribution in [0.15, 0.2) is 10.8 Å². The zero-order chi connectivity index (χ0) is 21.1. The highest BCUT2D eigenvalue weighted by Crippen LogP contribution is 2.30. The van der Waals surface area contributed by atoms with Gasteiger partial charge in [0.1, 0.15) is 5.76 Å². The Kier molecular flexibility index (Phi) is 7.29. The molecule has 28 heavy (non-hydrogen) atoms. The van der Waals surface area contributed by atoms with Crippen LogP contribution in [0.25, 0.3) is 0 Å². The highest BCUT2D eigenvalue weighted by Gasteiger charge is 2.44. The molecule has 4 N–H and O–H groups in total. The summed E-state index contributed by atoms with van der Waals surface area (Å²) in [5, 5.41) is 13.4. The van der Waals surface area contributed by atoms with E-state index in [9.17, 15) is 23.1 Å². The molecular formula is C17H29N4O6S. The average Bonchev–Trinajstić information content (AvgIpc) is 2.82. The first-order valence-corrected chi connectivity index (χ1v) is 10.7. The second-order valence-electron chi connectivity index (χ2n) is 7.20. The fourth-order valence-corrected chi connectivity index (χ4v) is 5.26. The molecule has 0 saturated carbocycles. The number of nitrogens with zero attached hydrogens (tertiary/aromatic N) is 2. The standard InChI is InChI=1S/C17H29N4O6S/c1-11(16(18)24)6-7-15(23)21(13-5-4-8-19-9-14(13)22)28(25,26)17-12(2)27-10-20(17)3/h7,11,13-14,19,22H,4-6,8-10H2,1-3H3,(H2,18,24)/t11?,13?,14-/m0/s1. The van der Waals surface area contributed by atoms with Crippen LogP contribution in [0.5, 0.6) is 0 Å². The zero-order valence-corrected chi connectivity index (χ0v) is 17.2. The van der Waals surface area contributed by atoms with Gasteiger partial charge in [-0.1, -0.05) is 6.92 Å². The lowest BCUT2D eigenvalue weighted by atomic mass is 10.0. The quantitative estimate of drug-likeness (QED) is 0.483. The number of carbonyl (C=O) groups excluding carboxylic acids is 2. The summed E-state index contributed by atoms with van der Waals surface area (Å²) in [5.41, 5.74) is 5.22. The van der Waals surface area contributed by atoms with Gasteiger partial charge in [0.2, 0.25) is 11.8 Å². The summed E-state index contributed by atoms with van der Waals surface area (Å²) >= 11 is 0. The van der Waals surface area contributed by atoms with Gasteiger partial charge in [-0.2, -0.15) is 8.42 Å². The van der Waals surface area contributed by atoms with E-state index >= 15 is 0 Å². The number of carbonyl (C=O) groups is 2. The maximum atomic E-state index is 13.4. The van der Waals surface area contributed by atoms with Crippen molar-refractivity contribution in [3.63, 3.8) is 0 Å². The Bertz CT molecular complexity index is 738. The van der Waals surface area contributed by atoms with Crippen molar-refractivity contribution in [3.8, 4) is 0 Å². The molecule has 3 atom stereocenters. The van der Waals surface area contributed by atoms with Crippen molar-refractivity contribution in [2.45, 2.75) is 45.3 Å². The van der Waals surface area contributed by atoms with Crippen molar-refractivity contribution in [2.75, 3.05) is 26.9 Å². The molecule has 2 amide bonds. The van der Waals surface area contributed by atoms with E-state index in [4.69, 9.17) is 10.5 Å². The summed E-state index contributed by atoms with van der Waals surface area (Å²) in [7, 11) is -2.73. The molecule has 0 aliphatic carbocycles. The van der Waals surface area contributed by atoms with E-state index in [0.717, 1.165) is 10.7 Å². The number of ether oxygens (including phenoxy) is 1. The summed E-state index contributed by atoms with van der Waals surface area (Å²) in [6, 6.07) is -0.929. The van der Waals surface area contributed by atoms with Crippen molar-refractivity contribution in [1.82, 2.24) is 14.5 Å². The number of β-amino-alcohol motifs (C(OH)–C–C–N with tert-alkyl or cyclic N) is 1. The van der Waals surface area contributed by atoms with Crippen LogP contribution in [0.1, 0.15) is 33.1 Å². The Morgan fingerprint density at radius 2 is 2.18 bits per heavy atom. The summed E-state index contributed by atoms with van der Waals surface area (Å²) in [6.07, 6.45) is 1.00. The minimum atomic E-state index is -4.29. The molecule has 2 aliphatic rings. The van der Waals surface area contributed by atoms with E-state index in [1.54, 1.807) is 14.0 Å². The first-order chi connectivity index (χ1) is 13.1. The lowest BCUT2D eigenvalue weighted by Gasteiger charge is -2.34. The molecule has 0 bridgehead atoms. The molecular weight excluding hydrogens is 388 g/mol. The first-order valence-electron chi connectivity index (χ1n) is 9.21. The maximum absolute atomic E-state index is 13.4.